The van der Waals surface area contributed by atoms with Crippen LogP contribution < -0.4 is 0 Å². The van der Waals surface area contributed by atoms with E-state index in [1.165, 1.54) is 0 Å². The van der Waals surface area contributed by atoms with E-state index in [1.54, 1.807) is 18.6 Å². The van der Waals surface area contributed by atoms with Crippen LogP contribution in [0.4, 0.5) is 0 Å². The van der Waals surface area contributed by atoms with Gasteiger partial charge in [-0.2, -0.15) is 0 Å². The first-order chi connectivity index (χ1) is 7.86. The normalized spacial score (nSPS) is 10.8. The molecule has 3 nitrogen and oxygen atoms in total. The molecule has 0 atom stereocenters. The third-order valence-corrected chi connectivity index (χ3v) is 2.76. The van der Waals surface area contributed by atoms with E-state index in [1.807, 2.05) is 34.9 Å². The van der Waals surface area contributed by atoms with Gasteiger partial charge in [-0.15, -0.1) is 0 Å². The quantitative estimate of drug-likeness (QED) is 0.642. The van der Waals surface area contributed by atoms with Crippen molar-refractivity contribution in [2.75, 3.05) is 0 Å². The Bertz CT molecular complexity index is 631. The average Bonchev–Trinajstić information content (AvgIpc) is 2.75. The third-order valence-electron chi connectivity index (χ3n) is 2.44. The molecule has 0 radical (unpaired) electrons. The van der Waals surface area contributed by atoms with Gasteiger partial charge < -0.3 is 0 Å². The van der Waals surface area contributed by atoms with E-state index in [0.29, 0.717) is 5.02 Å². The lowest BCUT2D eigenvalue weighted by atomic mass is 10.3. The molecule has 16 heavy (non-hydrogen) atoms. The van der Waals surface area contributed by atoms with Crippen LogP contribution in [-0.4, -0.2) is 14.4 Å². The summed E-state index contributed by atoms with van der Waals surface area (Å²) in [5.74, 6) is 0.852. The number of halogens is 1. The monoisotopic (exact) mass is 229 g/mol. The zero-order valence-corrected chi connectivity index (χ0v) is 9.09. The highest BCUT2D eigenvalue weighted by atomic mass is 35.5. The first kappa shape index (κ1) is 9.36. The van der Waals surface area contributed by atoms with E-state index in [-0.39, 0.29) is 0 Å². The molecule has 0 amide bonds. The Morgan fingerprint density at radius 1 is 1.12 bits per heavy atom. The second kappa shape index (κ2) is 3.61. The fourth-order valence-electron chi connectivity index (χ4n) is 1.70. The van der Waals surface area contributed by atoms with Gasteiger partial charge in [-0.25, -0.2) is 4.98 Å². The first-order valence-corrected chi connectivity index (χ1v) is 5.26. The van der Waals surface area contributed by atoms with Crippen molar-refractivity contribution >= 4 is 17.1 Å². The minimum absolute atomic E-state index is 0.699. The van der Waals surface area contributed by atoms with E-state index in [0.717, 1.165) is 16.9 Å². The van der Waals surface area contributed by atoms with Crippen molar-refractivity contribution in [3.05, 3.63) is 54.1 Å². The summed E-state index contributed by atoms with van der Waals surface area (Å²) < 4.78 is 1.96. The molecule has 0 saturated carbocycles. The lowest BCUT2D eigenvalue weighted by Gasteiger charge is -2.01. The fourth-order valence-corrected chi connectivity index (χ4v) is 1.91. The number of rotatable bonds is 1. The van der Waals surface area contributed by atoms with E-state index in [4.69, 9.17) is 11.6 Å². The van der Waals surface area contributed by atoms with E-state index in [9.17, 15) is 0 Å². The number of hydrogen-bond acceptors (Lipinski definition) is 2. The van der Waals surface area contributed by atoms with Crippen molar-refractivity contribution in [3.63, 3.8) is 0 Å². The molecular formula is C12H8ClN3. The highest BCUT2D eigenvalue weighted by Gasteiger charge is 2.07. The van der Waals surface area contributed by atoms with Gasteiger partial charge in [0.05, 0.1) is 16.7 Å². The summed E-state index contributed by atoms with van der Waals surface area (Å²) in [6.07, 6.45) is 7.24. The Hall–Kier alpha value is -1.87. The maximum absolute atomic E-state index is 6.08. The summed E-state index contributed by atoms with van der Waals surface area (Å²) in [5.41, 5.74) is 1.88. The van der Waals surface area contributed by atoms with Crippen LogP contribution in [-0.2, 0) is 0 Å². The van der Waals surface area contributed by atoms with E-state index >= 15 is 0 Å². The first-order valence-electron chi connectivity index (χ1n) is 4.88. The van der Waals surface area contributed by atoms with Crippen LogP contribution in [0.3, 0.4) is 0 Å². The third kappa shape index (κ3) is 1.37. The Labute approximate surface area is 97.3 Å². The fraction of sp³-hybridized carbons (Fsp3) is 0. The van der Waals surface area contributed by atoms with Crippen molar-refractivity contribution in [2.45, 2.75) is 0 Å². The van der Waals surface area contributed by atoms with Crippen molar-refractivity contribution in [3.8, 4) is 11.4 Å². The topological polar surface area (TPSA) is 30.2 Å². The molecule has 0 aromatic carbocycles. The molecule has 0 aliphatic rings. The molecule has 3 rings (SSSR count). The Balaban J connectivity index is 2.30. The number of imidazole rings is 1. The molecule has 0 aliphatic heterocycles. The molecule has 0 saturated heterocycles. The molecule has 0 N–H and O–H groups in total. The smallest absolute Gasteiger partial charge is 0.146 e. The van der Waals surface area contributed by atoms with Gasteiger partial charge in [0.25, 0.3) is 0 Å². The number of aromatic nitrogens is 3. The molecule has 0 fully saturated rings. The summed E-state index contributed by atoms with van der Waals surface area (Å²) in [6.45, 7) is 0. The zero-order chi connectivity index (χ0) is 11.0. The minimum atomic E-state index is 0.699. The molecule has 0 unspecified atom stereocenters. The Kier molecular flexibility index (Phi) is 2.11. The van der Waals surface area contributed by atoms with Gasteiger partial charge in [0.15, 0.2) is 0 Å². The van der Waals surface area contributed by atoms with Gasteiger partial charge in [0, 0.05) is 24.2 Å². The summed E-state index contributed by atoms with van der Waals surface area (Å²) in [6, 6.07) is 7.62. The highest BCUT2D eigenvalue weighted by Crippen LogP contribution is 2.23. The average molecular weight is 230 g/mol. The summed E-state index contributed by atoms with van der Waals surface area (Å²) in [7, 11) is 0. The summed E-state index contributed by atoms with van der Waals surface area (Å²) in [4.78, 5) is 8.45. The summed E-state index contributed by atoms with van der Waals surface area (Å²) >= 11 is 6.08. The second-order valence-corrected chi connectivity index (χ2v) is 3.84. The number of pyridine rings is 2. The second-order valence-electron chi connectivity index (χ2n) is 3.43. The van der Waals surface area contributed by atoms with Crippen LogP contribution in [0.1, 0.15) is 0 Å². The maximum Gasteiger partial charge on any atom is 0.146 e. The van der Waals surface area contributed by atoms with Gasteiger partial charge in [-0.1, -0.05) is 11.6 Å². The standard InChI is InChI=1S/C12H8ClN3/c13-10-4-2-6-16-11(10)8-15-12(16)9-3-1-5-14-7-9/h1-8H. The predicted octanol–water partition coefficient (Wildman–Crippen LogP) is 3.05. The Morgan fingerprint density at radius 2 is 2.06 bits per heavy atom. The van der Waals surface area contributed by atoms with Gasteiger partial charge >= 0.3 is 0 Å². The lowest BCUT2D eigenvalue weighted by Crippen LogP contribution is -1.89. The van der Waals surface area contributed by atoms with Gasteiger partial charge in [0.2, 0.25) is 0 Å². The van der Waals surface area contributed by atoms with E-state index < -0.39 is 0 Å². The largest absolute Gasteiger partial charge is 0.298 e. The van der Waals surface area contributed by atoms with Crippen LogP contribution in [0.25, 0.3) is 16.9 Å². The SMILES string of the molecule is Clc1cccn2c(-c3cccnc3)ncc12. The zero-order valence-electron chi connectivity index (χ0n) is 8.34. The van der Waals surface area contributed by atoms with Gasteiger partial charge in [0.1, 0.15) is 5.82 Å². The molecule has 78 valence electrons. The molecule has 4 heteroatoms. The van der Waals surface area contributed by atoms with Crippen LogP contribution in [0.5, 0.6) is 0 Å². The van der Waals surface area contributed by atoms with Gasteiger partial charge in [-0.05, 0) is 24.3 Å². The van der Waals surface area contributed by atoms with Crippen molar-refractivity contribution < 1.29 is 0 Å². The molecule has 3 aromatic rings. The van der Waals surface area contributed by atoms with Crippen molar-refractivity contribution in [1.29, 1.82) is 0 Å². The maximum atomic E-state index is 6.08. The summed E-state index contributed by atoms with van der Waals surface area (Å²) in [5, 5.41) is 0.699. The molecule has 3 heterocycles. The molecular weight excluding hydrogens is 222 g/mol. The number of fused-ring (bicyclic) bond motifs is 1. The van der Waals surface area contributed by atoms with Crippen molar-refractivity contribution in [1.82, 2.24) is 14.4 Å². The molecule has 0 aliphatic carbocycles. The van der Waals surface area contributed by atoms with Crippen LogP contribution >= 0.6 is 11.6 Å². The van der Waals surface area contributed by atoms with E-state index in [2.05, 4.69) is 9.97 Å². The van der Waals surface area contributed by atoms with Gasteiger partial charge in [-0.3, -0.25) is 9.38 Å². The predicted molar refractivity (Wildman–Crippen MR) is 63.4 cm³/mol. The number of hydrogen-bond donors (Lipinski definition) is 0. The minimum Gasteiger partial charge on any atom is -0.298 e. The molecule has 0 spiro atoms. The van der Waals surface area contributed by atoms with Crippen LogP contribution in [0.2, 0.25) is 5.02 Å². The van der Waals surface area contributed by atoms with Crippen LogP contribution in [0.15, 0.2) is 49.1 Å². The molecule has 3 aromatic heterocycles. The lowest BCUT2D eigenvalue weighted by molar-refractivity contribution is 1.15. The Morgan fingerprint density at radius 3 is 2.88 bits per heavy atom. The highest BCUT2D eigenvalue weighted by molar-refractivity contribution is 6.33. The van der Waals surface area contributed by atoms with Crippen LogP contribution in [0, 0.1) is 0 Å². The molecule has 0 bridgehead atoms. The number of nitrogens with zero attached hydrogens (tertiary/aromatic N) is 3. The van der Waals surface area contributed by atoms with Crippen molar-refractivity contribution in [2.24, 2.45) is 0 Å².